The SMILES string of the molecule is CCOC(=O)C(N)Cc1cccc(C(C)C)c1. The van der Waals surface area contributed by atoms with Gasteiger partial charge in [0.25, 0.3) is 0 Å². The molecule has 0 heterocycles. The number of esters is 1. The fourth-order valence-electron chi connectivity index (χ4n) is 1.67. The summed E-state index contributed by atoms with van der Waals surface area (Å²) in [5.74, 6) is 0.149. The molecule has 0 spiro atoms. The van der Waals surface area contributed by atoms with E-state index in [-0.39, 0.29) is 5.97 Å². The van der Waals surface area contributed by atoms with E-state index < -0.39 is 6.04 Å². The average Bonchev–Trinajstić information content (AvgIpc) is 2.29. The highest BCUT2D eigenvalue weighted by Crippen LogP contribution is 2.16. The topological polar surface area (TPSA) is 52.3 Å². The lowest BCUT2D eigenvalue weighted by molar-refractivity contribution is -0.144. The number of nitrogens with two attached hydrogens (primary N) is 1. The molecule has 1 aromatic rings. The normalized spacial score (nSPS) is 12.5. The summed E-state index contributed by atoms with van der Waals surface area (Å²) in [6.45, 7) is 6.44. The van der Waals surface area contributed by atoms with Crippen LogP contribution in [0.2, 0.25) is 0 Å². The molecule has 1 atom stereocenters. The Labute approximate surface area is 103 Å². The monoisotopic (exact) mass is 235 g/mol. The van der Waals surface area contributed by atoms with Gasteiger partial charge in [-0.3, -0.25) is 4.79 Å². The summed E-state index contributed by atoms with van der Waals surface area (Å²) in [6, 6.07) is 7.61. The summed E-state index contributed by atoms with van der Waals surface area (Å²) >= 11 is 0. The van der Waals surface area contributed by atoms with Crippen molar-refractivity contribution < 1.29 is 9.53 Å². The second-order valence-electron chi connectivity index (χ2n) is 4.46. The second kappa shape index (κ2) is 6.40. The van der Waals surface area contributed by atoms with E-state index in [4.69, 9.17) is 10.5 Å². The van der Waals surface area contributed by atoms with E-state index in [0.717, 1.165) is 5.56 Å². The van der Waals surface area contributed by atoms with E-state index in [2.05, 4.69) is 26.0 Å². The van der Waals surface area contributed by atoms with Gasteiger partial charge >= 0.3 is 5.97 Å². The maximum atomic E-state index is 11.4. The van der Waals surface area contributed by atoms with Crippen molar-refractivity contribution in [3.8, 4) is 0 Å². The minimum absolute atomic E-state index is 0.331. The molecule has 1 rings (SSSR count). The van der Waals surface area contributed by atoms with Crippen LogP contribution in [0.15, 0.2) is 24.3 Å². The molecule has 3 heteroatoms. The van der Waals surface area contributed by atoms with E-state index in [9.17, 15) is 4.79 Å². The predicted molar refractivity (Wildman–Crippen MR) is 68.8 cm³/mol. The third-order valence-electron chi connectivity index (χ3n) is 2.66. The van der Waals surface area contributed by atoms with E-state index in [0.29, 0.717) is 18.9 Å². The highest BCUT2D eigenvalue weighted by Gasteiger charge is 2.15. The molecule has 1 aromatic carbocycles. The van der Waals surface area contributed by atoms with Crippen molar-refractivity contribution in [2.75, 3.05) is 6.61 Å². The van der Waals surface area contributed by atoms with Crippen LogP contribution in [0.3, 0.4) is 0 Å². The van der Waals surface area contributed by atoms with Crippen molar-refractivity contribution >= 4 is 5.97 Å². The smallest absolute Gasteiger partial charge is 0.323 e. The molecule has 0 aliphatic carbocycles. The highest BCUT2D eigenvalue weighted by atomic mass is 16.5. The zero-order valence-corrected chi connectivity index (χ0v) is 10.8. The van der Waals surface area contributed by atoms with Gasteiger partial charge in [0.05, 0.1) is 6.61 Å². The Kier molecular flexibility index (Phi) is 5.16. The van der Waals surface area contributed by atoms with Crippen LogP contribution in [0, 0.1) is 0 Å². The molecule has 0 saturated heterocycles. The number of rotatable bonds is 5. The molecule has 0 radical (unpaired) electrons. The van der Waals surface area contributed by atoms with Crippen LogP contribution in [0.1, 0.15) is 37.8 Å². The largest absolute Gasteiger partial charge is 0.465 e. The molecule has 1 unspecified atom stereocenters. The van der Waals surface area contributed by atoms with Crippen molar-refractivity contribution in [2.45, 2.75) is 39.2 Å². The van der Waals surface area contributed by atoms with Crippen molar-refractivity contribution in [3.05, 3.63) is 35.4 Å². The first-order valence-corrected chi connectivity index (χ1v) is 6.05. The number of hydrogen-bond donors (Lipinski definition) is 1. The minimum Gasteiger partial charge on any atom is -0.465 e. The van der Waals surface area contributed by atoms with Crippen LogP contribution < -0.4 is 5.73 Å². The standard InChI is InChI=1S/C14H21NO2/c1-4-17-14(16)13(15)9-11-6-5-7-12(8-11)10(2)3/h5-8,10,13H,4,9,15H2,1-3H3. The van der Waals surface area contributed by atoms with E-state index in [1.165, 1.54) is 5.56 Å². The molecule has 0 aliphatic heterocycles. The Bertz CT molecular complexity index is 374. The van der Waals surface area contributed by atoms with Crippen LogP contribution in [0.5, 0.6) is 0 Å². The van der Waals surface area contributed by atoms with E-state index in [1.807, 2.05) is 12.1 Å². The van der Waals surface area contributed by atoms with Gasteiger partial charge in [-0.1, -0.05) is 38.1 Å². The quantitative estimate of drug-likeness (QED) is 0.796. The third-order valence-corrected chi connectivity index (χ3v) is 2.66. The van der Waals surface area contributed by atoms with Crippen molar-refractivity contribution in [3.63, 3.8) is 0 Å². The van der Waals surface area contributed by atoms with Crippen LogP contribution in [0.25, 0.3) is 0 Å². The van der Waals surface area contributed by atoms with Crippen molar-refractivity contribution in [1.29, 1.82) is 0 Å². The Morgan fingerprint density at radius 1 is 1.41 bits per heavy atom. The van der Waals surface area contributed by atoms with Gasteiger partial charge in [0.2, 0.25) is 0 Å². The van der Waals surface area contributed by atoms with Gasteiger partial charge in [-0.25, -0.2) is 0 Å². The molecule has 17 heavy (non-hydrogen) atoms. The van der Waals surface area contributed by atoms with E-state index >= 15 is 0 Å². The molecule has 0 aliphatic rings. The molecule has 0 saturated carbocycles. The molecular formula is C14H21NO2. The van der Waals surface area contributed by atoms with Gasteiger partial charge in [0.1, 0.15) is 6.04 Å². The zero-order chi connectivity index (χ0) is 12.8. The lowest BCUT2D eigenvalue weighted by Gasteiger charge is -2.12. The molecule has 0 amide bonds. The lowest BCUT2D eigenvalue weighted by Crippen LogP contribution is -2.34. The molecule has 94 valence electrons. The van der Waals surface area contributed by atoms with Gasteiger partial charge in [0.15, 0.2) is 0 Å². The summed E-state index contributed by atoms with van der Waals surface area (Å²) in [4.78, 5) is 11.4. The van der Waals surface area contributed by atoms with E-state index in [1.54, 1.807) is 6.92 Å². The summed E-state index contributed by atoms with van der Waals surface area (Å²) < 4.78 is 4.89. The van der Waals surface area contributed by atoms with Gasteiger partial charge in [-0.2, -0.15) is 0 Å². The van der Waals surface area contributed by atoms with Crippen LogP contribution in [0.4, 0.5) is 0 Å². The molecular weight excluding hydrogens is 214 g/mol. The fourth-order valence-corrected chi connectivity index (χ4v) is 1.67. The van der Waals surface area contributed by atoms with Crippen LogP contribution >= 0.6 is 0 Å². The number of carbonyl (C=O) groups excluding carboxylic acids is 1. The first-order chi connectivity index (χ1) is 8.04. The lowest BCUT2D eigenvalue weighted by atomic mass is 9.98. The second-order valence-corrected chi connectivity index (χ2v) is 4.46. The molecule has 0 aromatic heterocycles. The first-order valence-electron chi connectivity index (χ1n) is 6.05. The van der Waals surface area contributed by atoms with Gasteiger partial charge in [-0.05, 0) is 30.4 Å². The predicted octanol–water partition coefficient (Wildman–Crippen LogP) is 2.24. The number of benzene rings is 1. The number of carbonyl (C=O) groups is 1. The summed E-state index contributed by atoms with van der Waals surface area (Å²) in [5, 5.41) is 0. The maximum absolute atomic E-state index is 11.4. The van der Waals surface area contributed by atoms with Crippen molar-refractivity contribution in [1.82, 2.24) is 0 Å². The fraction of sp³-hybridized carbons (Fsp3) is 0.500. The van der Waals surface area contributed by atoms with Crippen molar-refractivity contribution in [2.24, 2.45) is 5.73 Å². The summed E-state index contributed by atoms with van der Waals surface area (Å²) in [5.41, 5.74) is 8.13. The van der Waals surface area contributed by atoms with Gasteiger partial charge in [0, 0.05) is 0 Å². The highest BCUT2D eigenvalue weighted by molar-refractivity contribution is 5.75. The van der Waals surface area contributed by atoms with Gasteiger partial charge in [-0.15, -0.1) is 0 Å². The Hall–Kier alpha value is -1.35. The molecule has 0 bridgehead atoms. The number of hydrogen-bond acceptors (Lipinski definition) is 3. The maximum Gasteiger partial charge on any atom is 0.323 e. The Morgan fingerprint density at radius 2 is 2.12 bits per heavy atom. The summed E-state index contributed by atoms with van der Waals surface area (Å²) in [7, 11) is 0. The Balaban J connectivity index is 2.68. The average molecular weight is 235 g/mol. The molecule has 0 fully saturated rings. The third kappa shape index (κ3) is 4.19. The minimum atomic E-state index is -0.572. The van der Waals surface area contributed by atoms with Crippen LogP contribution in [-0.2, 0) is 16.0 Å². The Morgan fingerprint density at radius 3 is 2.71 bits per heavy atom. The number of ether oxygens (including phenoxy) is 1. The van der Waals surface area contributed by atoms with Gasteiger partial charge < -0.3 is 10.5 Å². The van der Waals surface area contributed by atoms with Crippen LogP contribution in [-0.4, -0.2) is 18.6 Å². The zero-order valence-electron chi connectivity index (χ0n) is 10.8. The first kappa shape index (κ1) is 13.7. The molecule has 3 nitrogen and oxygen atoms in total. The summed E-state index contributed by atoms with van der Waals surface area (Å²) in [6.07, 6.45) is 0.527. The molecule has 2 N–H and O–H groups in total.